The van der Waals surface area contributed by atoms with Crippen molar-refractivity contribution in [3.05, 3.63) is 34.7 Å². The first-order valence-electron chi connectivity index (χ1n) is 5.48. The monoisotopic (exact) mass is 294 g/mol. The minimum absolute atomic E-state index is 0.383. The average molecular weight is 295 g/mol. The number of nitrogens with zero attached hydrogens (tertiary/aromatic N) is 3. The lowest BCUT2D eigenvalue weighted by Gasteiger charge is -2.07. The maximum atomic E-state index is 4.44. The van der Waals surface area contributed by atoms with Crippen molar-refractivity contribution in [1.82, 2.24) is 14.8 Å². The number of anilines is 2. The summed E-state index contributed by atoms with van der Waals surface area (Å²) in [6, 6.07) is 3.89. The smallest absolute Gasteiger partial charge is 0.130 e. The highest BCUT2D eigenvalue weighted by Crippen LogP contribution is 2.25. The van der Waals surface area contributed by atoms with Crippen LogP contribution in [0.2, 0.25) is 0 Å². The third-order valence-corrected chi connectivity index (χ3v) is 2.86. The van der Waals surface area contributed by atoms with Crippen molar-refractivity contribution in [3.63, 3.8) is 0 Å². The van der Waals surface area contributed by atoms with Gasteiger partial charge in [0.15, 0.2) is 0 Å². The van der Waals surface area contributed by atoms with Gasteiger partial charge in [-0.3, -0.25) is 4.68 Å². The first-order valence-corrected chi connectivity index (χ1v) is 6.27. The van der Waals surface area contributed by atoms with Gasteiger partial charge >= 0.3 is 0 Å². The summed E-state index contributed by atoms with van der Waals surface area (Å²) in [4.78, 5) is 4.29. The molecule has 0 spiro atoms. The molecule has 2 rings (SSSR count). The number of aromatic nitrogens is 3. The van der Waals surface area contributed by atoms with Crippen molar-refractivity contribution >= 4 is 27.4 Å². The van der Waals surface area contributed by atoms with E-state index in [1.165, 1.54) is 0 Å². The molecule has 0 saturated heterocycles. The molecule has 1 N–H and O–H groups in total. The molecule has 2 heterocycles. The van der Waals surface area contributed by atoms with Crippen LogP contribution in [0.3, 0.4) is 0 Å². The molecule has 0 aliphatic rings. The molecule has 0 amide bonds. The Morgan fingerprint density at radius 1 is 1.35 bits per heavy atom. The van der Waals surface area contributed by atoms with Crippen LogP contribution in [0.5, 0.6) is 0 Å². The van der Waals surface area contributed by atoms with E-state index in [0.717, 1.165) is 21.7 Å². The number of hydrogen-bond acceptors (Lipinski definition) is 3. The standard InChI is InChI=1S/C12H15BrN4/c1-8(2)12-10(7-17(3)16-12)15-11-5-4-9(13)6-14-11/h4-8H,1-3H3,(H,14,15). The number of nitrogens with one attached hydrogen (secondary N) is 1. The van der Waals surface area contributed by atoms with Crippen LogP contribution in [-0.2, 0) is 7.05 Å². The highest BCUT2D eigenvalue weighted by Gasteiger charge is 2.11. The molecule has 0 unspecified atom stereocenters. The fourth-order valence-electron chi connectivity index (χ4n) is 1.62. The van der Waals surface area contributed by atoms with E-state index in [9.17, 15) is 0 Å². The second-order valence-electron chi connectivity index (χ2n) is 4.24. The van der Waals surface area contributed by atoms with Crippen molar-refractivity contribution in [2.24, 2.45) is 7.05 Å². The second kappa shape index (κ2) is 4.87. The Morgan fingerprint density at radius 2 is 2.12 bits per heavy atom. The van der Waals surface area contributed by atoms with E-state index in [2.05, 4.69) is 45.2 Å². The van der Waals surface area contributed by atoms with Crippen LogP contribution in [0.25, 0.3) is 0 Å². The number of pyridine rings is 1. The zero-order valence-electron chi connectivity index (χ0n) is 10.1. The van der Waals surface area contributed by atoms with Crippen molar-refractivity contribution in [2.45, 2.75) is 19.8 Å². The van der Waals surface area contributed by atoms with E-state index in [-0.39, 0.29) is 0 Å². The van der Waals surface area contributed by atoms with Crippen LogP contribution >= 0.6 is 15.9 Å². The van der Waals surface area contributed by atoms with E-state index in [4.69, 9.17) is 0 Å². The molecule has 0 aromatic carbocycles. The van der Waals surface area contributed by atoms with Crippen LogP contribution in [0.1, 0.15) is 25.5 Å². The first-order chi connectivity index (χ1) is 8.06. The number of halogens is 1. The van der Waals surface area contributed by atoms with Crippen molar-refractivity contribution in [3.8, 4) is 0 Å². The number of hydrogen-bond donors (Lipinski definition) is 1. The van der Waals surface area contributed by atoms with Crippen LogP contribution < -0.4 is 5.32 Å². The van der Waals surface area contributed by atoms with Crippen LogP contribution in [-0.4, -0.2) is 14.8 Å². The molecular formula is C12H15BrN4. The molecule has 0 fully saturated rings. The van der Waals surface area contributed by atoms with Gasteiger partial charge in [-0.15, -0.1) is 0 Å². The summed E-state index contributed by atoms with van der Waals surface area (Å²) in [5.41, 5.74) is 2.06. The Labute approximate surface area is 109 Å². The molecule has 0 bridgehead atoms. The molecule has 0 atom stereocenters. The Balaban J connectivity index is 2.26. The van der Waals surface area contributed by atoms with Gasteiger partial charge in [-0.2, -0.15) is 5.10 Å². The number of aryl methyl sites for hydroxylation is 1. The summed E-state index contributed by atoms with van der Waals surface area (Å²) in [6.07, 6.45) is 3.74. The van der Waals surface area contributed by atoms with Gasteiger partial charge in [0.1, 0.15) is 5.82 Å². The van der Waals surface area contributed by atoms with Gasteiger partial charge in [0.2, 0.25) is 0 Å². The van der Waals surface area contributed by atoms with E-state index in [0.29, 0.717) is 5.92 Å². The Hall–Kier alpha value is -1.36. The first kappa shape index (κ1) is 12.1. The van der Waals surface area contributed by atoms with E-state index in [1.807, 2.05) is 30.1 Å². The fourth-order valence-corrected chi connectivity index (χ4v) is 1.85. The molecule has 0 aliphatic heterocycles. The maximum Gasteiger partial charge on any atom is 0.130 e. The molecule has 17 heavy (non-hydrogen) atoms. The molecule has 2 aromatic heterocycles. The van der Waals surface area contributed by atoms with Crippen LogP contribution in [0.4, 0.5) is 11.5 Å². The molecule has 90 valence electrons. The molecule has 5 heteroatoms. The lowest BCUT2D eigenvalue weighted by Crippen LogP contribution is -1.97. The minimum Gasteiger partial charge on any atom is -0.337 e. The van der Waals surface area contributed by atoms with Gasteiger partial charge in [0.25, 0.3) is 0 Å². The summed E-state index contributed by atoms with van der Waals surface area (Å²) in [7, 11) is 1.92. The van der Waals surface area contributed by atoms with E-state index >= 15 is 0 Å². The number of rotatable bonds is 3. The third-order valence-electron chi connectivity index (χ3n) is 2.39. The minimum atomic E-state index is 0.383. The van der Waals surface area contributed by atoms with Crippen LogP contribution in [0, 0.1) is 0 Å². The van der Waals surface area contributed by atoms with Gasteiger partial charge in [-0.1, -0.05) is 13.8 Å². The second-order valence-corrected chi connectivity index (χ2v) is 5.16. The molecule has 0 saturated carbocycles. The van der Waals surface area contributed by atoms with Gasteiger partial charge in [0, 0.05) is 23.9 Å². The summed E-state index contributed by atoms with van der Waals surface area (Å²) >= 11 is 3.37. The van der Waals surface area contributed by atoms with E-state index in [1.54, 1.807) is 6.20 Å². The summed E-state index contributed by atoms with van der Waals surface area (Å²) < 4.78 is 2.79. The highest BCUT2D eigenvalue weighted by atomic mass is 79.9. The predicted molar refractivity (Wildman–Crippen MR) is 72.5 cm³/mol. The Morgan fingerprint density at radius 3 is 2.71 bits per heavy atom. The fraction of sp³-hybridized carbons (Fsp3) is 0.333. The molecular weight excluding hydrogens is 280 g/mol. The zero-order valence-corrected chi connectivity index (χ0v) is 11.7. The molecule has 2 aromatic rings. The van der Waals surface area contributed by atoms with Crippen LogP contribution in [0.15, 0.2) is 29.0 Å². The Bertz CT molecular complexity index is 502. The summed E-state index contributed by atoms with van der Waals surface area (Å²) in [6.45, 7) is 4.26. The molecule has 0 aliphatic carbocycles. The normalized spacial score (nSPS) is 10.9. The largest absolute Gasteiger partial charge is 0.337 e. The van der Waals surface area contributed by atoms with Gasteiger partial charge in [0.05, 0.1) is 11.4 Å². The summed E-state index contributed by atoms with van der Waals surface area (Å²) in [5.74, 6) is 1.21. The predicted octanol–water partition coefficient (Wildman–Crippen LogP) is 3.44. The topological polar surface area (TPSA) is 42.7 Å². The lowest BCUT2D eigenvalue weighted by atomic mass is 10.1. The quantitative estimate of drug-likeness (QED) is 0.943. The van der Waals surface area contributed by atoms with Crippen molar-refractivity contribution < 1.29 is 0 Å². The zero-order chi connectivity index (χ0) is 12.4. The molecule has 4 nitrogen and oxygen atoms in total. The highest BCUT2D eigenvalue weighted by molar-refractivity contribution is 9.10. The van der Waals surface area contributed by atoms with Gasteiger partial charge in [-0.05, 0) is 34.0 Å². The maximum absolute atomic E-state index is 4.44. The van der Waals surface area contributed by atoms with Gasteiger partial charge in [-0.25, -0.2) is 4.98 Å². The summed E-state index contributed by atoms with van der Waals surface area (Å²) in [5, 5.41) is 7.73. The van der Waals surface area contributed by atoms with Crippen molar-refractivity contribution in [1.29, 1.82) is 0 Å². The molecule has 0 radical (unpaired) electrons. The third kappa shape index (κ3) is 2.85. The van der Waals surface area contributed by atoms with Crippen molar-refractivity contribution in [2.75, 3.05) is 5.32 Å². The average Bonchev–Trinajstić information content (AvgIpc) is 2.63. The Kier molecular flexibility index (Phi) is 3.47. The lowest BCUT2D eigenvalue weighted by molar-refractivity contribution is 0.713. The SMILES string of the molecule is CC(C)c1nn(C)cc1Nc1ccc(Br)cn1. The van der Waals surface area contributed by atoms with Gasteiger partial charge < -0.3 is 5.32 Å². The van der Waals surface area contributed by atoms with E-state index < -0.39 is 0 Å².